The van der Waals surface area contributed by atoms with Crippen molar-refractivity contribution in [1.29, 1.82) is 0 Å². The van der Waals surface area contributed by atoms with Crippen LogP contribution in [0.5, 0.6) is 0 Å². The van der Waals surface area contributed by atoms with Crippen LogP contribution in [-0.2, 0) is 47.9 Å². The maximum Gasteiger partial charge on any atom is 0.326 e. The van der Waals surface area contributed by atoms with Crippen molar-refractivity contribution in [3.8, 4) is 0 Å². The molecule has 0 radical (unpaired) electrons. The minimum atomic E-state index is -1.87. The standard InChI is InChI=1S/C35H49N3O16/c1-33-13-11-22(39)17-21(33)9-10-23-24-12-14-35(34(24,2)19-26(40)31(23)33,54-29(43)8-6-16-53-38(49)50)27(41)20-51-30(44)18-25(32(45)46)36-28(42)7-4-3-5-15-52-37(47)48/h9,23-26,31,40H,3-8,10-20H2,1-2H3,(H,36,42)(H,45,46)/t23?,24?,25?,26-,31+,33-,34-,35-/m0/s1. The van der Waals surface area contributed by atoms with Gasteiger partial charge in [-0.25, -0.2) is 4.79 Å². The number of carbonyl (C=O) groups excluding carboxylic acids is 5. The lowest BCUT2D eigenvalue weighted by molar-refractivity contribution is -0.757. The van der Waals surface area contributed by atoms with Crippen LogP contribution in [0.3, 0.4) is 0 Å². The van der Waals surface area contributed by atoms with Gasteiger partial charge in [0.15, 0.2) is 12.2 Å². The molecule has 0 aromatic heterocycles. The van der Waals surface area contributed by atoms with Gasteiger partial charge in [0, 0.05) is 31.1 Å². The van der Waals surface area contributed by atoms with Crippen LogP contribution in [0.2, 0.25) is 0 Å². The molecule has 3 saturated carbocycles. The number of carboxylic acids is 1. The van der Waals surface area contributed by atoms with Gasteiger partial charge in [-0.3, -0.25) is 24.0 Å². The summed E-state index contributed by atoms with van der Waals surface area (Å²) in [5.41, 5.74) is -2.43. The van der Waals surface area contributed by atoms with E-state index in [4.69, 9.17) is 9.47 Å². The van der Waals surface area contributed by atoms with Crippen LogP contribution in [0, 0.1) is 48.8 Å². The number of aliphatic carboxylic acids is 1. The number of Topliss-reactive ketones (excluding diaryl/α,β-unsaturated/α-hetero) is 2. The number of hydrogen-bond acceptors (Lipinski definition) is 15. The number of ether oxygens (including phenoxy) is 2. The number of nitrogens with one attached hydrogen (secondary N) is 1. The van der Waals surface area contributed by atoms with E-state index in [0.717, 1.165) is 5.57 Å². The zero-order valence-electron chi connectivity index (χ0n) is 30.5. The zero-order chi connectivity index (χ0) is 39.8. The van der Waals surface area contributed by atoms with E-state index in [9.17, 15) is 59.2 Å². The molecule has 19 heteroatoms. The van der Waals surface area contributed by atoms with Crippen LogP contribution in [0.4, 0.5) is 0 Å². The van der Waals surface area contributed by atoms with E-state index < -0.39 is 81.4 Å². The Morgan fingerprint density at radius 3 is 2.33 bits per heavy atom. The molecular formula is C35H49N3O16. The first-order chi connectivity index (χ1) is 25.4. The highest BCUT2D eigenvalue weighted by Gasteiger charge is 2.70. The number of carbonyl (C=O) groups is 6. The molecule has 0 saturated heterocycles. The monoisotopic (exact) mass is 767 g/mol. The molecule has 54 heavy (non-hydrogen) atoms. The molecule has 19 nitrogen and oxygen atoms in total. The van der Waals surface area contributed by atoms with Crippen molar-refractivity contribution in [2.45, 2.75) is 121 Å². The van der Waals surface area contributed by atoms with E-state index in [1.165, 1.54) is 0 Å². The summed E-state index contributed by atoms with van der Waals surface area (Å²) in [4.78, 5) is 106. The smallest absolute Gasteiger partial charge is 0.326 e. The highest BCUT2D eigenvalue weighted by molar-refractivity contribution is 5.94. The Morgan fingerprint density at radius 1 is 0.981 bits per heavy atom. The van der Waals surface area contributed by atoms with E-state index in [-0.39, 0.29) is 75.3 Å². The topological polar surface area (TPSA) is 278 Å². The Kier molecular flexibility index (Phi) is 13.7. The van der Waals surface area contributed by atoms with Crippen molar-refractivity contribution in [3.05, 3.63) is 31.9 Å². The minimum Gasteiger partial charge on any atom is -0.480 e. The molecule has 0 spiro atoms. The first-order valence-electron chi connectivity index (χ1n) is 18.3. The predicted octanol–water partition coefficient (Wildman–Crippen LogP) is 2.60. The normalized spacial score (nSPS) is 30.3. The molecule has 1 amide bonds. The molecule has 0 bridgehead atoms. The van der Waals surface area contributed by atoms with Crippen LogP contribution < -0.4 is 5.32 Å². The van der Waals surface area contributed by atoms with Crippen LogP contribution in [-0.4, -0.2) is 93.3 Å². The molecule has 3 unspecified atom stereocenters. The summed E-state index contributed by atoms with van der Waals surface area (Å²) in [6, 6.07) is -1.69. The lowest BCUT2D eigenvalue weighted by atomic mass is 9.46. The SMILES string of the molecule is C[C@]12CCC(=O)CC1=CCC1C3CC[C@](OC(=O)CCCO[N+](=O)[O-])(C(=O)COC(=O)CC(NC(=O)CCCCCO[N+](=O)[O-])C(=O)O)[C@@]3(C)C[C@H](O)[C@@H]12. The molecule has 4 aliphatic rings. The van der Waals surface area contributed by atoms with Crippen molar-refractivity contribution in [2.75, 3.05) is 19.8 Å². The van der Waals surface area contributed by atoms with Crippen LogP contribution >= 0.6 is 0 Å². The van der Waals surface area contributed by atoms with Gasteiger partial charge in [0.1, 0.15) is 11.8 Å². The molecule has 3 N–H and O–H groups in total. The Morgan fingerprint density at radius 2 is 1.67 bits per heavy atom. The average Bonchev–Trinajstić information content (AvgIpc) is 3.38. The maximum absolute atomic E-state index is 14.3. The van der Waals surface area contributed by atoms with Crippen molar-refractivity contribution in [1.82, 2.24) is 5.32 Å². The van der Waals surface area contributed by atoms with Gasteiger partial charge in [-0.05, 0) is 74.5 Å². The van der Waals surface area contributed by atoms with Crippen molar-refractivity contribution >= 4 is 35.4 Å². The first kappa shape index (κ1) is 42.1. The third kappa shape index (κ3) is 9.33. The second-order valence-corrected chi connectivity index (χ2v) is 15.2. The number of hydrogen-bond donors (Lipinski definition) is 3. The molecule has 4 rings (SSSR count). The van der Waals surface area contributed by atoms with E-state index in [1.54, 1.807) is 6.92 Å². The van der Waals surface area contributed by atoms with Gasteiger partial charge in [-0.1, -0.05) is 31.9 Å². The third-order valence-electron chi connectivity index (χ3n) is 12.1. The highest BCUT2D eigenvalue weighted by Crippen LogP contribution is 2.68. The van der Waals surface area contributed by atoms with E-state index in [2.05, 4.69) is 28.0 Å². The van der Waals surface area contributed by atoms with E-state index in [1.807, 2.05) is 0 Å². The first-order valence-corrected chi connectivity index (χ1v) is 18.3. The number of rotatable bonds is 20. The molecule has 8 atom stereocenters. The molecule has 300 valence electrons. The van der Waals surface area contributed by atoms with Gasteiger partial charge in [-0.2, -0.15) is 0 Å². The average molecular weight is 768 g/mol. The summed E-state index contributed by atoms with van der Waals surface area (Å²) < 4.78 is 11.3. The number of unbranched alkanes of at least 4 members (excludes halogenated alkanes) is 2. The number of carboxylic acid groups (broad SMARTS) is 1. The molecule has 3 fully saturated rings. The summed E-state index contributed by atoms with van der Waals surface area (Å²) in [5.74, 6) is -5.39. The Bertz CT molecular complexity index is 1530. The van der Waals surface area contributed by atoms with Gasteiger partial charge < -0.3 is 34.7 Å². The molecule has 0 aromatic carbocycles. The maximum atomic E-state index is 14.3. The fourth-order valence-electron chi connectivity index (χ4n) is 9.54. The summed E-state index contributed by atoms with van der Waals surface area (Å²) in [6.45, 7) is 2.39. The number of fused-ring (bicyclic) bond motifs is 5. The number of amides is 1. The van der Waals surface area contributed by atoms with E-state index in [0.29, 0.717) is 44.9 Å². The second-order valence-electron chi connectivity index (χ2n) is 15.2. The third-order valence-corrected chi connectivity index (χ3v) is 12.1. The highest BCUT2D eigenvalue weighted by atomic mass is 17.0. The minimum absolute atomic E-state index is 0.0371. The summed E-state index contributed by atoms with van der Waals surface area (Å²) in [5, 5.41) is 42.6. The fraction of sp³-hybridized carbons (Fsp3) is 0.771. The number of aliphatic hydroxyl groups excluding tert-OH is 1. The summed E-state index contributed by atoms with van der Waals surface area (Å²) in [7, 11) is 0. The van der Waals surface area contributed by atoms with Gasteiger partial charge in [0.2, 0.25) is 11.7 Å². The number of ketones is 2. The molecule has 0 heterocycles. The van der Waals surface area contributed by atoms with Crippen molar-refractivity contribution in [2.24, 2.45) is 28.6 Å². The number of esters is 2. The van der Waals surface area contributed by atoms with Gasteiger partial charge in [0.25, 0.3) is 10.2 Å². The van der Waals surface area contributed by atoms with Crippen LogP contribution in [0.15, 0.2) is 11.6 Å². The molecule has 0 aromatic rings. The van der Waals surface area contributed by atoms with Crippen LogP contribution in [0.25, 0.3) is 0 Å². The molecule has 4 aliphatic carbocycles. The number of allylic oxidation sites excluding steroid dienone is 2. The van der Waals surface area contributed by atoms with Gasteiger partial charge in [0.05, 0.1) is 25.7 Å². The second kappa shape index (κ2) is 17.6. The summed E-state index contributed by atoms with van der Waals surface area (Å²) in [6.07, 6.45) is 3.09. The number of aliphatic hydroxyl groups is 1. The van der Waals surface area contributed by atoms with Crippen LogP contribution in [0.1, 0.15) is 104 Å². The Balaban J connectivity index is 1.47. The van der Waals surface area contributed by atoms with Crippen molar-refractivity contribution < 1.29 is 68.3 Å². The summed E-state index contributed by atoms with van der Waals surface area (Å²) >= 11 is 0. The lowest BCUT2D eigenvalue weighted by Crippen LogP contribution is -2.63. The predicted molar refractivity (Wildman–Crippen MR) is 181 cm³/mol. The fourth-order valence-corrected chi connectivity index (χ4v) is 9.54. The number of nitrogens with zero attached hydrogens (tertiary/aromatic N) is 2. The Labute approximate surface area is 310 Å². The lowest BCUT2D eigenvalue weighted by Gasteiger charge is -2.60. The largest absolute Gasteiger partial charge is 0.480 e. The molecule has 0 aliphatic heterocycles. The zero-order valence-corrected chi connectivity index (χ0v) is 30.5. The van der Waals surface area contributed by atoms with Gasteiger partial charge >= 0.3 is 17.9 Å². The Hall–Kier alpha value is -4.68. The van der Waals surface area contributed by atoms with E-state index >= 15 is 0 Å². The quantitative estimate of drug-likeness (QED) is 0.0528. The molecular weight excluding hydrogens is 718 g/mol. The van der Waals surface area contributed by atoms with Gasteiger partial charge in [-0.15, -0.1) is 20.2 Å². The van der Waals surface area contributed by atoms with Crippen molar-refractivity contribution in [3.63, 3.8) is 0 Å².